The van der Waals surface area contributed by atoms with Crippen LogP contribution in [0, 0.1) is 0 Å². The van der Waals surface area contributed by atoms with Crippen LogP contribution in [0.3, 0.4) is 0 Å². The van der Waals surface area contributed by atoms with Crippen LogP contribution in [0.2, 0.25) is 0 Å². The molecule has 156 valence electrons. The minimum Gasteiger partial charge on any atom is -0.481 e. The Morgan fingerprint density at radius 3 is 2.10 bits per heavy atom. The number of carbonyl (C=O) groups is 2. The van der Waals surface area contributed by atoms with Gasteiger partial charge in [0.05, 0.1) is 5.92 Å². The van der Waals surface area contributed by atoms with Crippen LogP contribution < -0.4 is 4.72 Å². The highest BCUT2D eigenvalue weighted by Gasteiger charge is 2.21. The SMILES string of the molecule is O=C(O)CCCC(C(=O)NSc1ccc2ccccc2c1)c1ccc2ccccc2c1. The number of carbonyl (C=O) groups excluding carboxylic acids is 1. The van der Waals surface area contributed by atoms with Crippen molar-refractivity contribution in [2.75, 3.05) is 0 Å². The molecule has 0 aromatic heterocycles. The molecule has 1 atom stereocenters. The maximum Gasteiger partial charge on any atom is 0.303 e. The maximum atomic E-state index is 13.1. The van der Waals surface area contributed by atoms with Gasteiger partial charge in [0, 0.05) is 11.3 Å². The van der Waals surface area contributed by atoms with Crippen LogP contribution in [0.1, 0.15) is 30.7 Å². The summed E-state index contributed by atoms with van der Waals surface area (Å²) in [6.45, 7) is 0. The van der Waals surface area contributed by atoms with Crippen molar-refractivity contribution in [2.45, 2.75) is 30.1 Å². The van der Waals surface area contributed by atoms with Gasteiger partial charge in [0.15, 0.2) is 0 Å². The van der Waals surface area contributed by atoms with Crippen LogP contribution in [0.5, 0.6) is 0 Å². The van der Waals surface area contributed by atoms with Gasteiger partial charge in [-0.3, -0.25) is 14.3 Å². The van der Waals surface area contributed by atoms with E-state index in [0.29, 0.717) is 12.8 Å². The summed E-state index contributed by atoms with van der Waals surface area (Å²) < 4.78 is 2.98. The van der Waals surface area contributed by atoms with Gasteiger partial charge in [-0.2, -0.15) is 0 Å². The van der Waals surface area contributed by atoms with E-state index in [0.717, 1.165) is 32.0 Å². The first-order valence-electron chi connectivity index (χ1n) is 10.3. The predicted molar refractivity (Wildman–Crippen MR) is 126 cm³/mol. The molecule has 0 saturated heterocycles. The molecule has 1 amide bonds. The highest BCUT2D eigenvalue weighted by Crippen LogP contribution is 2.28. The van der Waals surface area contributed by atoms with Crippen LogP contribution >= 0.6 is 11.9 Å². The summed E-state index contributed by atoms with van der Waals surface area (Å²) in [6, 6.07) is 28.2. The Morgan fingerprint density at radius 1 is 0.806 bits per heavy atom. The lowest BCUT2D eigenvalue weighted by Crippen LogP contribution is -2.24. The van der Waals surface area contributed by atoms with Crippen molar-refractivity contribution in [2.24, 2.45) is 0 Å². The third kappa shape index (κ3) is 5.25. The van der Waals surface area contributed by atoms with E-state index in [-0.39, 0.29) is 12.3 Å². The molecule has 0 fully saturated rings. The topological polar surface area (TPSA) is 66.4 Å². The summed E-state index contributed by atoms with van der Waals surface area (Å²) in [5, 5.41) is 13.5. The maximum absolute atomic E-state index is 13.1. The molecule has 0 radical (unpaired) electrons. The summed E-state index contributed by atoms with van der Waals surface area (Å²) in [4.78, 5) is 25.0. The van der Waals surface area contributed by atoms with Gasteiger partial charge in [-0.1, -0.05) is 72.8 Å². The summed E-state index contributed by atoms with van der Waals surface area (Å²) in [5.41, 5.74) is 0.903. The van der Waals surface area contributed by atoms with Crippen LogP contribution in [-0.2, 0) is 9.59 Å². The first kappa shape index (κ1) is 20.9. The third-order valence-electron chi connectivity index (χ3n) is 5.37. The number of carboxylic acids is 1. The second-order valence-electron chi connectivity index (χ2n) is 7.52. The predicted octanol–water partition coefficient (Wildman–Crippen LogP) is 6.16. The molecule has 0 spiro atoms. The summed E-state index contributed by atoms with van der Waals surface area (Å²) in [7, 11) is 0. The van der Waals surface area contributed by atoms with Gasteiger partial charge in [-0.15, -0.1) is 0 Å². The highest BCUT2D eigenvalue weighted by molar-refractivity contribution is 7.98. The van der Waals surface area contributed by atoms with Crippen LogP contribution in [-0.4, -0.2) is 17.0 Å². The third-order valence-corrected chi connectivity index (χ3v) is 6.16. The number of nitrogens with one attached hydrogen (secondary N) is 1. The standard InChI is InChI=1S/C26H23NO3S/c28-25(29)11-5-10-24(22-13-12-18-6-1-3-8-20(18)16-22)26(30)27-31-23-15-14-19-7-2-4-9-21(19)17-23/h1-4,6-9,12-17,24H,5,10-11H2,(H,27,30)(H,28,29). The Balaban J connectivity index is 1.52. The number of hydrogen-bond acceptors (Lipinski definition) is 3. The van der Waals surface area contributed by atoms with E-state index in [1.165, 1.54) is 11.9 Å². The van der Waals surface area contributed by atoms with E-state index in [1.54, 1.807) is 0 Å². The molecule has 4 aromatic carbocycles. The molecule has 4 rings (SSSR count). The first-order valence-corrected chi connectivity index (χ1v) is 11.1. The molecule has 4 aromatic rings. The second kappa shape index (κ2) is 9.67. The Bertz CT molecular complexity index is 1240. The number of rotatable bonds is 8. The Hall–Kier alpha value is -3.31. The van der Waals surface area contributed by atoms with Crippen LogP contribution in [0.25, 0.3) is 21.5 Å². The molecule has 0 saturated carbocycles. The van der Waals surface area contributed by atoms with Gasteiger partial charge in [-0.05, 0) is 64.0 Å². The Morgan fingerprint density at radius 2 is 1.42 bits per heavy atom. The zero-order chi connectivity index (χ0) is 21.6. The zero-order valence-electron chi connectivity index (χ0n) is 17.0. The fourth-order valence-electron chi connectivity index (χ4n) is 3.74. The van der Waals surface area contributed by atoms with Crippen molar-refractivity contribution in [3.8, 4) is 0 Å². The Kier molecular flexibility index (Phi) is 6.53. The van der Waals surface area contributed by atoms with Gasteiger partial charge >= 0.3 is 5.97 Å². The minimum absolute atomic E-state index is 0.0508. The van der Waals surface area contributed by atoms with Gasteiger partial charge in [-0.25, -0.2) is 0 Å². The number of aliphatic carboxylic acids is 1. The van der Waals surface area contributed by atoms with Crippen molar-refractivity contribution in [3.05, 3.63) is 90.5 Å². The van der Waals surface area contributed by atoms with Crippen LogP contribution in [0.15, 0.2) is 89.8 Å². The van der Waals surface area contributed by atoms with E-state index in [9.17, 15) is 9.59 Å². The van der Waals surface area contributed by atoms with Gasteiger partial charge in [0.1, 0.15) is 0 Å². The van der Waals surface area contributed by atoms with Gasteiger partial charge in [0.25, 0.3) is 0 Å². The first-order chi connectivity index (χ1) is 15.1. The fourth-order valence-corrected chi connectivity index (χ4v) is 4.43. The fraction of sp³-hybridized carbons (Fsp3) is 0.154. The van der Waals surface area contributed by atoms with Crippen molar-refractivity contribution in [1.82, 2.24) is 4.72 Å². The number of carboxylic acid groups (broad SMARTS) is 1. The lowest BCUT2D eigenvalue weighted by molar-refractivity contribution is -0.137. The number of hydrogen-bond donors (Lipinski definition) is 2. The lowest BCUT2D eigenvalue weighted by Gasteiger charge is -2.17. The normalized spacial score (nSPS) is 12.0. The minimum atomic E-state index is -0.844. The highest BCUT2D eigenvalue weighted by atomic mass is 32.2. The van der Waals surface area contributed by atoms with E-state index in [4.69, 9.17) is 5.11 Å². The quantitative estimate of drug-likeness (QED) is 0.329. The van der Waals surface area contributed by atoms with E-state index >= 15 is 0 Å². The molecule has 1 unspecified atom stereocenters. The molecule has 0 heterocycles. The van der Waals surface area contributed by atoms with Crippen molar-refractivity contribution in [1.29, 1.82) is 0 Å². The number of fused-ring (bicyclic) bond motifs is 2. The average molecular weight is 430 g/mol. The smallest absolute Gasteiger partial charge is 0.303 e. The summed E-state index contributed by atoms with van der Waals surface area (Å²) in [5.74, 6) is -1.36. The molecule has 5 heteroatoms. The molecular formula is C26H23NO3S. The largest absolute Gasteiger partial charge is 0.481 e. The van der Waals surface area contributed by atoms with Crippen molar-refractivity contribution in [3.63, 3.8) is 0 Å². The van der Waals surface area contributed by atoms with Gasteiger partial charge < -0.3 is 5.11 Å². The Labute approximate surface area is 185 Å². The summed E-state index contributed by atoms with van der Waals surface area (Å²) >= 11 is 1.29. The second-order valence-corrected chi connectivity index (χ2v) is 8.40. The monoisotopic (exact) mass is 429 g/mol. The molecule has 0 aliphatic carbocycles. The van der Waals surface area contributed by atoms with E-state index < -0.39 is 11.9 Å². The number of benzene rings is 4. The van der Waals surface area contributed by atoms with Crippen molar-refractivity contribution < 1.29 is 14.7 Å². The molecular weight excluding hydrogens is 406 g/mol. The molecule has 0 bridgehead atoms. The molecule has 31 heavy (non-hydrogen) atoms. The zero-order valence-corrected chi connectivity index (χ0v) is 17.8. The number of amides is 1. The summed E-state index contributed by atoms with van der Waals surface area (Å²) in [6.07, 6.45) is 0.977. The molecule has 4 nitrogen and oxygen atoms in total. The average Bonchev–Trinajstić information content (AvgIpc) is 2.79. The van der Waals surface area contributed by atoms with E-state index in [2.05, 4.69) is 16.9 Å². The molecule has 0 aliphatic heterocycles. The van der Waals surface area contributed by atoms with E-state index in [1.807, 2.05) is 72.8 Å². The van der Waals surface area contributed by atoms with Gasteiger partial charge in [0.2, 0.25) is 5.91 Å². The van der Waals surface area contributed by atoms with Crippen molar-refractivity contribution >= 4 is 45.4 Å². The van der Waals surface area contributed by atoms with Crippen LogP contribution in [0.4, 0.5) is 0 Å². The molecule has 2 N–H and O–H groups in total. The molecule has 0 aliphatic rings. The lowest BCUT2D eigenvalue weighted by atomic mass is 9.91.